The number of hydrogen-bond acceptors (Lipinski definition) is 5. The summed E-state index contributed by atoms with van der Waals surface area (Å²) in [7, 11) is -2.01. The van der Waals surface area contributed by atoms with Gasteiger partial charge in [0, 0.05) is 44.5 Å². The Hall–Kier alpha value is -3.36. The first-order chi connectivity index (χ1) is 16.9. The van der Waals surface area contributed by atoms with E-state index >= 15 is 0 Å². The van der Waals surface area contributed by atoms with Crippen LogP contribution in [0.5, 0.6) is 5.75 Å². The number of benzene rings is 3. The van der Waals surface area contributed by atoms with E-state index in [4.69, 9.17) is 4.74 Å². The highest BCUT2D eigenvalue weighted by Crippen LogP contribution is 2.22. The monoisotopic (exact) mass is 493 g/mol. The van der Waals surface area contributed by atoms with Crippen LogP contribution in [-0.2, 0) is 10.0 Å². The number of likely N-dealkylation sites (N-methyl/N-ethyl adjacent to an activating group) is 1. The predicted molar refractivity (Wildman–Crippen MR) is 137 cm³/mol. The van der Waals surface area contributed by atoms with E-state index < -0.39 is 10.0 Å². The number of ether oxygens (including phenoxy) is 1. The van der Waals surface area contributed by atoms with Crippen LogP contribution in [0, 0.1) is 6.92 Å². The van der Waals surface area contributed by atoms with Crippen LogP contribution in [0.15, 0.2) is 83.8 Å². The average molecular weight is 494 g/mol. The summed E-state index contributed by atoms with van der Waals surface area (Å²) < 4.78 is 33.9. The van der Waals surface area contributed by atoms with Crippen LogP contribution in [0.3, 0.4) is 0 Å². The minimum atomic E-state index is -3.70. The zero-order valence-corrected chi connectivity index (χ0v) is 20.9. The molecule has 0 radical (unpaired) electrons. The number of rotatable bonds is 8. The highest BCUT2D eigenvalue weighted by Gasteiger charge is 2.29. The Balaban J connectivity index is 1.37. The standard InChI is InChI=1S/C27H31N3O4S/c1-22-9-6-7-14-26(22)34-20-19-28(2)27(31)23-10-8-13-25(21-23)35(32,33)30-17-15-29(16-18-30)24-11-4-3-5-12-24/h3-14,21H,15-20H2,1-2H3. The van der Waals surface area contributed by atoms with Crippen LogP contribution in [0.25, 0.3) is 0 Å². The zero-order chi connectivity index (χ0) is 24.8. The van der Waals surface area contributed by atoms with Crippen molar-refractivity contribution in [3.05, 3.63) is 90.0 Å². The van der Waals surface area contributed by atoms with Gasteiger partial charge < -0.3 is 14.5 Å². The van der Waals surface area contributed by atoms with Gasteiger partial charge in [0.25, 0.3) is 5.91 Å². The quantitative estimate of drug-likeness (QED) is 0.479. The lowest BCUT2D eigenvalue weighted by atomic mass is 10.2. The Morgan fingerprint density at radius 2 is 1.60 bits per heavy atom. The number of hydrogen-bond donors (Lipinski definition) is 0. The second-order valence-electron chi connectivity index (χ2n) is 8.60. The molecule has 0 bridgehead atoms. The van der Waals surface area contributed by atoms with E-state index in [1.165, 1.54) is 10.4 Å². The average Bonchev–Trinajstić information content (AvgIpc) is 2.90. The van der Waals surface area contributed by atoms with E-state index in [-0.39, 0.29) is 10.8 Å². The topological polar surface area (TPSA) is 70.2 Å². The van der Waals surface area contributed by atoms with Gasteiger partial charge in [0.1, 0.15) is 12.4 Å². The van der Waals surface area contributed by atoms with E-state index in [1.54, 1.807) is 30.1 Å². The van der Waals surface area contributed by atoms with Gasteiger partial charge in [-0.3, -0.25) is 4.79 Å². The van der Waals surface area contributed by atoms with Crippen molar-refractivity contribution in [2.24, 2.45) is 0 Å². The van der Waals surface area contributed by atoms with Crippen molar-refractivity contribution in [1.29, 1.82) is 0 Å². The van der Waals surface area contributed by atoms with E-state index in [1.807, 2.05) is 61.5 Å². The molecule has 7 nitrogen and oxygen atoms in total. The molecule has 184 valence electrons. The number of aryl methyl sites for hydroxylation is 1. The summed E-state index contributed by atoms with van der Waals surface area (Å²) in [4.78, 5) is 16.8. The van der Waals surface area contributed by atoms with Gasteiger partial charge in [-0.1, -0.05) is 42.5 Å². The Bertz CT molecular complexity index is 1260. The number of piperazine rings is 1. The molecule has 1 amide bonds. The summed E-state index contributed by atoms with van der Waals surface area (Å²) in [5.41, 5.74) is 2.46. The first-order valence-corrected chi connectivity index (χ1v) is 13.1. The highest BCUT2D eigenvalue weighted by atomic mass is 32.2. The number of sulfonamides is 1. The van der Waals surface area contributed by atoms with Crippen LogP contribution in [0.4, 0.5) is 5.69 Å². The number of carbonyl (C=O) groups excluding carboxylic acids is 1. The third kappa shape index (κ3) is 5.83. The van der Waals surface area contributed by atoms with E-state index in [0.29, 0.717) is 44.9 Å². The minimum absolute atomic E-state index is 0.140. The Kier molecular flexibility index (Phi) is 7.73. The van der Waals surface area contributed by atoms with Crippen LogP contribution in [0.2, 0.25) is 0 Å². The molecule has 35 heavy (non-hydrogen) atoms. The van der Waals surface area contributed by atoms with Crippen molar-refractivity contribution < 1.29 is 17.9 Å². The van der Waals surface area contributed by atoms with Gasteiger partial charge in [-0.2, -0.15) is 4.31 Å². The van der Waals surface area contributed by atoms with Gasteiger partial charge in [0.2, 0.25) is 10.0 Å². The number of anilines is 1. The molecule has 1 fully saturated rings. The molecule has 3 aromatic rings. The fraction of sp³-hybridized carbons (Fsp3) is 0.296. The maximum absolute atomic E-state index is 13.3. The molecular formula is C27H31N3O4S. The van der Waals surface area contributed by atoms with Gasteiger partial charge in [-0.15, -0.1) is 0 Å². The van der Waals surface area contributed by atoms with Crippen LogP contribution in [0.1, 0.15) is 15.9 Å². The molecule has 0 aromatic heterocycles. The maximum Gasteiger partial charge on any atom is 0.253 e. The molecular weight excluding hydrogens is 462 g/mol. The molecule has 1 aliphatic rings. The third-order valence-electron chi connectivity index (χ3n) is 6.20. The molecule has 0 saturated carbocycles. The number of amides is 1. The fourth-order valence-electron chi connectivity index (χ4n) is 4.10. The Morgan fingerprint density at radius 3 is 2.31 bits per heavy atom. The van der Waals surface area contributed by atoms with Crippen molar-refractivity contribution in [2.45, 2.75) is 11.8 Å². The summed E-state index contributed by atoms with van der Waals surface area (Å²) in [5, 5.41) is 0. The van der Waals surface area contributed by atoms with Gasteiger partial charge in [-0.25, -0.2) is 8.42 Å². The SMILES string of the molecule is Cc1ccccc1OCCN(C)C(=O)c1cccc(S(=O)(=O)N2CCN(c3ccccc3)CC2)c1. The lowest BCUT2D eigenvalue weighted by Gasteiger charge is -2.35. The van der Waals surface area contributed by atoms with Gasteiger partial charge >= 0.3 is 0 Å². The first-order valence-electron chi connectivity index (χ1n) is 11.7. The van der Waals surface area contributed by atoms with Crippen LogP contribution in [-0.4, -0.2) is 69.9 Å². The second-order valence-corrected chi connectivity index (χ2v) is 10.5. The molecule has 0 aliphatic carbocycles. The highest BCUT2D eigenvalue weighted by molar-refractivity contribution is 7.89. The smallest absolute Gasteiger partial charge is 0.253 e. The molecule has 3 aromatic carbocycles. The summed E-state index contributed by atoms with van der Waals surface area (Å²) in [6.45, 7) is 4.72. The van der Waals surface area contributed by atoms with Crippen molar-refractivity contribution in [2.75, 3.05) is 51.3 Å². The Morgan fingerprint density at radius 1 is 0.914 bits per heavy atom. The second kappa shape index (κ2) is 10.9. The molecule has 0 spiro atoms. The molecule has 4 rings (SSSR count). The molecule has 1 aliphatic heterocycles. The van der Waals surface area contributed by atoms with E-state index in [9.17, 15) is 13.2 Å². The van der Waals surface area contributed by atoms with Crippen molar-refractivity contribution in [3.8, 4) is 5.75 Å². The molecule has 1 heterocycles. The number of nitrogens with zero attached hydrogens (tertiary/aromatic N) is 3. The first kappa shape index (κ1) is 24.8. The summed E-state index contributed by atoms with van der Waals surface area (Å²) in [5.74, 6) is 0.540. The Labute approximate surface area is 207 Å². The molecule has 0 atom stereocenters. The van der Waals surface area contributed by atoms with E-state index in [2.05, 4.69) is 4.90 Å². The van der Waals surface area contributed by atoms with Crippen molar-refractivity contribution in [3.63, 3.8) is 0 Å². The fourth-order valence-corrected chi connectivity index (χ4v) is 5.57. The van der Waals surface area contributed by atoms with E-state index in [0.717, 1.165) is 17.0 Å². The third-order valence-corrected chi connectivity index (χ3v) is 8.10. The normalized spacial score (nSPS) is 14.5. The maximum atomic E-state index is 13.3. The molecule has 0 N–H and O–H groups in total. The zero-order valence-electron chi connectivity index (χ0n) is 20.1. The van der Waals surface area contributed by atoms with Crippen LogP contribution >= 0.6 is 0 Å². The number of carbonyl (C=O) groups is 1. The summed E-state index contributed by atoms with van der Waals surface area (Å²) in [6, 6.07) is 24.0. The molecule has 0 unspecified atom stereocenters. The summed E-state index contributed by atoms with van der Waals surface area (Å²) >= 11 is 0. The van der Waals surface area contributed by atoms with Gasteiger partial charge in [0.15, 0.2) is 0 Å². The lowest BCUT2D eigenvalue weighted by molar-refractivity contribution is 0.0773. The lowest BCUT2D eigenvalue weighted by Crippen LogP contribution is -2.48. The number of para-hydroxylation sites is 2. The molecule has 1 saturated heterocycles. The minimum Gasteiger partial charge on any atom is -0.491 e. The van der Waals surface area contributed by atoms with Gasteiger partial charge in [-0.05, 0) is 48.9 Å². The largest absolute Gasteiger partial charge is 0.491 e. The molecule has 8 heteroatoms. The van der Waals surface area contributed by atoms with Crippen molar-refractivity contribution in [1.82, 2.24) is 9.21 Å². The summed E-state index contributed by atoms with van der Waals surface area (Å²) in [6.07, 6.45) is 0. The van der Waals surface area contributed by atoms with Crippen molar-refractivity contribution >= 4 is 21.6 Å². The van der Waals surface area contributed by atoms with Crippen LogP contribution < -0.4 is 9.64 Å². The predicted octanol–water partition coefficient (Wildman–Crippen LogP) is 3.66. The van der Waals surface area contributed by atoms with Gasteiger partial charge in [0.05, 0.1) is 11.4 Å².